The fourth-order valence-electron chi connectivity index (χ4n) is 4.05. The van der Waals surface area contributed by atoms with Gasteiger partial charge in [0.25, 0.3) is 5.91 Å². The van der Waals surface area contributed by atoms with Gasteiger partial charge in [-0.2, -0.15) is 0 Å². The SMILES string of the molecule is Cc1cc(COc2ccc(C3CC(C4(C)NC(=O)NC4=O)=NO3)cc2)c2ccccc2n1. The number of carbonyl (C=O) groups is 2. The molecule has 3 amide bonds. The van der Waals surface area contributed by atoms with Gasteiger partial charge in [-0.25, -0.2) is 4.79 Å². The van der Waals surface area contributed by atoms with Crippen molar-refractivity contribution in [2.45, 2.75) is 38.5 Å². The van der Waals surface area contributed by atoms with Crippen LogP contribution in [0.4, 0.5) is 4.79 Å². The van der Waals surface area contributed by atoms with E-state index in [0.717, 1.165) is 33.5 Å². The molecule has 0 spiro atoms. The van der Waals surface area contributed by atoms with Gasteiger partial charge in [-0.1, -0.05) is 35.5 Å². The summed E-state index contributed by atoms with van der Waals surface area (Å²) in [5, 5.41) is 10.0. The molecule has 0 saturated carbocycles. The molecular formula is C24H22N4O4. The molecule has 2 aliphatic heterocycles. The van der Waals surface area contributed by atoms with Gasteiger partial charge in [-0.05, 0) is 43.7 Å². The molecule has 3 heterocycles. The first kappa shape index (κ1) is 20.0. The lowest BCUT2D eigenvalue weighted by Gasteiger charge is -2.19. The molecule has 0 bridgehead atoms. The minimum Gasteiger partial charge on any atom is -0.489 e. The highest BCUT2D eigenvalue weighted by Gasteiger charge is 2.49. The van der Waals surface area contributed by atoms with Crippen LogP contribution in [0.2, 0.25) is 0 Å². The second-order valence-corrected chi connectivity index (χ2v) is 8.17. The van der Waals surface area contributed by atoms with Crippen molar-refractivity contribution < 1.29 is 19.2 Å². The van der Waals surface area contributed by atoms with Crippen LogP contribution in [-0.4, -0.2) is 28.2 Å². The fraction of sp³-hybridized carbons (Fsp3) is 0.250. The van der Waals surface area contributed by atoms with E-state index in [1.54, 1.807) is 6.92 Å². The summed E-state index contributed by atoms with van der Waals surface area (Å²) in [6.45, 7) is 4.03. The molecule has 1 saturated heterocycles. The number of rotatable bonds is 5. The van der Waals surface area contributed by atoms with E-state index in [-0.39, 0.29) is 6.10 Å². The van der Waals surface area contributed by atoms with E-state index in [1.165, 1.54) is 0 Å². The molecule has 1 fully saturated rings. The molecule has 2 N–H and O–H groups in total. The first-order valence-electron chi connectivity index (χ1n) is 10.4. The van der Waals surface area contributed by atoms with Gasteiger partial charge in [-0.15, -0.1) is 0 Å². The maximum Gasteiger partial charge on any atom is 0.322 e. The molecule has 32 heavy (non-hydrogen) atoms. The molecule has 1 aromatic heterocycles. The topological polar surface area (TPSA) is 102 Å². The van der Waals surface area contributed by atoms with Crippen LogP contribution in [0.3, 0.4) is 0 Å². The summed E-state index contributed by atoms with van der Waals surface area (Å²) in [5.74, 6) is 0.314. The normalized spacial score (nSPS) is 22.3. The maximum atomic E-state index is 12.1. The average molecular weight is 430 g/mol. The summed E-state index contributed by atoms with van der Waals surface area (Å²) < 4.78 is 6.02. The molecule has 2 atom stereocenters. The Morgan fingerprint density at radius 2 is 1.94 bits per heavy atom. The van der Waals surface area contributed by atoms with Gasteiger partial charge in [0, 0.05) is 23.1 Å². The molecule has 8 heteroatoms. The van der Waals surface area contributed by atoms with Gasteiger partial charge in [0.05, 0.1) is 11.2 Å². The van der Waals surface area contributed by atoms with Crippen molar-refractivity contribution in [2.75, 3.05) is 0 Å². The zero-order chi connectivity index (χ0) is 22.3. The second kappa shape index (κ2) is 7.64. The highest BCUT2D eigenvalue weighted by molar-refractivity contribution is 6.22. The Hall–Kier alpha value is -3.94. The number of oxime groups is 1. The van der Waals surface area contributed by atoms with Crippen LogP contribution in [0.5, 0.6) is 5.75 Å². The summed E-state index contributed by atoms with van der Waals surface area (Å²) in [5.41, 5.74) is 3.21. The highest BCUT2D eigenvalue weighted by atomic mass is 16.6. The van der Waals surface area contributed by atoms with E-state index in [9.17, 15) is 9.59 Å². The van der Waals surface area contributed by atoms with Crippen molar-refractivity contribution in [1.82, 2.24) is 15.6 Å². The minimum absolute atomic E-state index is 0.326. The number of aryl methyl sites for hydroxylation is 1. The van der Waals surface area contributed by atoms with Crippen molar-refractivity contribution in [3.63, 3.8) is 0 Å². The lowest BCUT2D eigenvalue weighted by Crippen LogP contribution is -2.50. The van der Waals surface area contributed by atoms with Gasteiger partial charge in [0.15, 0.2) is 11.6 Å². The summed E-state index contributed by atoms with van der Waals surface area (Å²) in [7, 11) is 0. The molecular weight excluding hydrogens is 408 g/mol. The van der Waals surface area contributed by atoms with Gasteiger partial charge in [-0.3, -0.25) is 15.1 Å². The third kappa shape index (κ3) is 3.53. The predicted octanol–water partition coefficient (Wildman–Crippen LogP) is 3.54. The molecule has 2 aliphatic rings. The van der Waals surface area contributed by atoms with Gasteiger partial charge in [0.1, 0.15) is 12.4 Å². The van der Waals surface area contributed by atoms with Crippen LogP contribution in [0.25, 0.3) is 10.9 Å². The number of pyridine rings is 1. The number of benzene rings is 2. The molecule has 162 valence electrons. The number of imide groups is 1. The van der Waals surface area contributed by atoms with Crippen LogP contribution >= 0.6 is 0 Å². The third-order valence-corrected chi connectivity index (χ3v) is 5.87. The standard InChI is InChI=1S/C24H22N4O4/c1-14-11-16(18-5-3-4-6-19(18)25-14)13-31-17-9-7-15(8-10-17)20-12-21(28-32-20)24(2)22(29)26-23(30)27-24/h3-11,20H,12-13H2,1-2H3,(H2,26,27,29,30). The Balaban J connectivity index is 1.25. The van der Waals surface area contributed by atoms with Crippen LogP contribution in [-0.2, 0) is 16.2 Å². The Morgan fingerprint density at radius 1 is 1.16 bits per heavy atom. The van der Waals surface area contributed by atoms with Crippen molar-refractivity contribution in [3.05, 3.63) is 71.4 Å². The zero-order valence-corrected chi connectivity index (χ0v) is 17.7. The summed E-state index contributed by atoms with van der Waals surface area (Å²) in [4.78, 5) is 33.8. The van der Waals surface area contributed by atoms with Crippen molar-refractivity contribution in [1.29, 1.82) is 0 Å². The van der Waals surface area contributed by atoms with E-state index in [0.29, 0.717) is 18.7 Å². The fourth-order valence-corrected chi connectivity index (χ4v) is 4.05. The number of urea groups is 1. The first-order valence-corrected chi connectivity index (χ1v) is 10.4. The van der Waals surface area contributed by atoms with Gasteiger partial charge < -0.3 is 14.9 Å². The van der Waals surface area contributed by atoms with Crippen LogP contribution in [0, 0.1) is 6.92 Å². The molecule has 3 aromatic rings. The van der Waals surface area contributed by atoms with Crippen LogP contribution in [0.15, 0.2) is 59.8 Å². The van der Waals surface area contributed by atoms with Crippen molar-refractivity contribution >= 4 is 28.6 Å². The minimum atomic E-state index is -1.18. The summed E-state index contributed by atoms with van der Waals surface area (Å²) in [6.07, 6.45) is 0.0835. The smallest absolute Gasteiger partial charge is 0.322 e. The number of nitrogens with zero attached hydrogens (tertiary/aromatic N) is 2. The Bertz CT molecular complexity index is 1250. The molecule has 5 rings (SSSR count). The summed E-state index contributed by atoms with van der Waals surface area (Å²) >= 11 is 0. The maximum absolute atomic E-state index is 12.1. The number of carbonyl (C=O) groups excluding carboxylic acids is 2. The number of hydrogen-bond donors (Lipinski definition) is 2. The Labute approximate surface area is 184 Å². The van der Waals surface area contributed by atoms with E-state index >= 15 is 0 Å². The van der Waals surface area contributed by atoms with Gasteiger partial charge in [0.2, 0.25) is 0 Å². The molecule has 2 aromatic carbocycles. The second-order valence-electron chi connectivity index (χ2n) is 8.17. The van der Waals surface area contributed by atoms with Crippen LogP contribution in [0.1, 0.15) is 36.3 Å². The Kier molecular flexibility index (Phi) is 4.77. The number of aromatic nitrogens is 1. The molecule has 0 aliphatic carbocycles. The lowest BCUT2D eigenvalue weighted by molar-refractivity contribution is -0.121. The first-order chi connectivity index (χ1) is 15.4. The molecule has 0 radical (unpaired) electrons. The summed E-state index contributed by atoms with van der Waals surface area (Å²) in [6, 6.07) is 17.2. The monoisotopic (exact) mass is 430 g/mol. The quantitative estimate of drug-likeness (QED) is 0.603. The number of ether oxygens (including phenoxy) is 1. The average Bonchev–Trinajstić information content (AvgIpc) is 3.37. The van der Waals surface area contributed by atoms with E-state index in [1.807, 2.05) is 61.5 Å². The molecule has 8 nitrogen and oxygen atoms in total. The predicted molar refractivity (Wildman–Crippen MR) is 118 cm³/mol. The number of para-hydroxylation sites is 1. The largest absolute Gasteiger partial charge is 0.489 e. The number of amides is 3. The Morgan fingerprint density at radius 3 is 2.69 bits per heavy atom. The lowest BCUT2D eigenvalue weighted by atomic mass is 9.90. The molecule has 2 unspecified atom stereocenters. The van der Waals surface area contributed by atoms with Crippen molar-refractivity contribution in [3.8, 4) is 5.75 Å². The number of nitrogens with one attached hydrogen (secondary N) is 2. The zero-order valence-electron chi connectivity index (χ0n) is 17.7. The van der Waals surface area contributed by atoms with Crippen LogP contribution < -0.4 is 15.4 Å². The third-order valence-electron chi connectivity index (χ3n) is 5.87. The number of hydrogen-bond acceptors (Lipinski definition) is 6. The highest BCUT2D eigenvalue weighted by Crippen LogP contribution is 2.33. The van der Waals surface area contributed by atoms with Crippen molar-refractivity contribution in [2.24, 2.45) is 5.16 Å². The number of fused-ring (bicyclic) bond motifs is 1. The van der Waals surface area contributed by atoms with E-state index in [4.69, 9.17) is 9.57 Å². The van der Waals surface area contributed by atoms with Gasteiger partial charge >= 0.3 is 6.03 Å². The van der Waals surface area contributed by atoms with E-state index in [2.05, 4.69) is 20.8 Å². The van der Waals surface area contributed by atoms with E-state index < -0.39 is 17.5 Å².